The van der Waals surface area contributed by atoms with E-state index in [4.69, 9.17) is 10.5 Å². The number of nitrogens with two attached hydrogens (primary N) is 1. The van der Waals surface area contributed by atoms with Crippen molar-refractivity contribution < 1.29 is 4.74 Å². The van der Waals surface area contributed by atoms with Crippen molar-refractivity contribution in [2.75, 3.05) is 4.90 Å². The Morgan fingerprint density at radius 2 is 1.70 bits per heavy atom. The van der Waals surface area contributed by atoms with E-state index in [0.717, 1.165) is 24.3 Å². The summed E-state index contributed by atoms with van der Waals surface area (Å²) >= 11 is 0. The summed E-state index contributed by atoms with van der Waals surface area (Å²) in [6.45, 7) is 5.23. The predicted octanol–water partition coefficient (Wildman–Crippen LogP) is 4.23. The van der Waals surface area contributed by atoms with Crippen molar-refractivity contribution >= 4 is 11.4 Å². The fraction of sp³-hybridized carbons (Fsp3) is 0.400. The Morgan fingerprint density at radius 3 is 2.39 bits per heavy atom. The number of para-hydroxylation sites is 3. The van der Waals surface area contributed by atoms with Crippen molar-refractivity contribution in [3.05, 3.63) is 54.1 Å². The first-order chi connectivity index (χ1) is 11.1. The quantitative estimate of drug-likeness (QED) is 0.902. The van der Waals surface area contributed by atoms with Gasteiger partial charge in [-0.1, -0.05) is 44.2 Å². The van der Waals surface area contributed by atoms with E-state index >= 15 is 0 Å². The van der Waals surface area contributed by atoms with Crippen molar-refractivity contribution in [2.45, 2.75) is 44.9 Å². The van der Waals surface area contributed by atoms with Crippen molar-refractivity contribution in [1.29, 1.82) is 0 Å². The van der Waals surface area contributed by atoms with Crippen LogP contribution in [0.3, 0.4) is 0 Å². The smallest absolute Gasteiger partial charge is 0.143 e. The molecule has 0 unspecified atom stereocenters. The summed E-state index contributed by atoms with van der Waals surface area (Å²) in [4.78, 5) is 2.51. The van der Waals surface area contributed by atoms with Gasteiger partial charge in [0.1, 0.15) is 12.4 Å². The SMILES string of the molecule is CC(C)C1(N2c3ccccc3COc3ccccc32)CC(N)C1. The van der Waals surface area contributed by atoms with E-state index in [2.05, 4.69) is 61.2 Å². The molecule has 2 N–H and O–H groups in total. The van der Waals surface area contributed by atoms with E-state index in [1.54, 1.807) is 0 Å². The largest absolute Gasteiger partial charge is 0.487 e. The Labute approximate surface area is 138 Å². The third-order valence-electron chi connectivity index (χ3n) is 5.47. The summed E-state index contributed by atoms with van der Waals surface area (Å²) in [7, 11) is 0. The third-order valence-corrected chi connectivity index (χ3v) is 5.47. The van der Waals surface area contributed by atoms with Crippen LogP contribution in [0.5, 0.6) is 5.75 Å². The highest BCUT2D eigenvalue weighted by Gasteiger charge is 2.51. The minimum absolute atomic E-state index is 0.0688. The molecular formula is C20H24N2O. The van der Waals surface area contributed by atoms with Gasteiger partial charge in [0.25, 0.3) is 0 Å². The minimum Gasteiger partial charge on any atom is -0.487 e. The number of fused-ring (bicyclic) bond motifs is 2. The van der Waals surface area contributed by atoms with Crippen molar-refractivity contribution in [1.82, 2.24) is 0 Å². The normalized spacial score (nSPS) is 25.9. The molecule has 0 amide bonds. The number of ether oxygens (including phenoxy) is 1. The van der Waals surface area contributed by atoms with Crippen LogP contribution in [-0.2, 0) is 6.61 Å². The molecule has 1 aliphatic carbocycles. The fourth-order valence-corrected chi connectivity index (χ4v) is 4.14. The van der Waals surface area contributed by atoms with Crippen LogP contribution in [-0.4, -0.2) is 11.6 Å². The molecule has 0 aromatic heterocycles. The summed E-state index contributed by atoms with van der Waals surface area (Å²) in [6, 6.07) is 17.3. The molecule has 2 aromatic rings. The lowest BCUT2D eigenvalue weighted by Crippen LogP contribution is -2.63. The van der Waals surface area contributed by atoms with Gasteiger partial charge >= 0.3 is 0 Å². The summed E-state index contributed by atoms with van der Waals surface area (Å²) in [5.41, 5.74) is 9.96. The maximum atomic E-state index is 6.22. The second-order valence-electron chi connectivity index (χ2n) is 7.15. The summed E-state index contributed by atoms with van der Waals surface area (Å²) < 4.78 is 6.10. The highest BCUT2D eigenvalue weighted by molar-refractivity contribution is 5.75. The monoisotopic (exact) mass is 308 g/mol. The number of nitrogens with zero attached hydrogens (tertiary/aromatic N) is 1. The highest BCUT2D eigenvalue weighted by atomic mass is 16.5. The number of rotatable bonds is 2. The van der Waals surface area contributed by atoms with E-state index < -0.39 is 0 Å². The van der Waals surface area contributed by atoms with E-state index in [0.29, 0.717) is 18.6 Å². The molecule has 4 rings (SSSR count). The Bertz CT molecular complexity index is 672. The third kappa shape index (κ3) is 2.14. The Morgan fingerprint density at radius 1 is 1.04 bits per heavy atom. The van der Waals surface area contributed by atoms with Gasteiger partial charge in [0.2, 0.25) is 0 Å². The molecule has 120 valence electrons. The van der Waals surface area contributed by atoms with E-state index in [-0.39, 0.29) is 5.54 Å². The van der Waals surface area contributed by atoms with Gasteiger partial charge in [0.15, 0.2) is 0 Å². The Balaban J connectivity index is 1.94. The average molecular weight is 308 g/mol. The molecule has 0 atom stereocenters. The van der Waals surface area contributed by atoms with Gasteiger partial charge in [-0.15, -0.1) is 0 Å². The molecule has 1 heterocycles. The lowest BCUT2D eigenvalue weighted by molar-refractivity contribution is 0.146. The molecule has 0 saturated heterocycles. The van der Waals surface area contributed by atoms with Gasteiger partial charge in [-0.05, 0) is 37.0 Å². The molecule has 0 bridgehead atoms. The van der Waals surface area contributed by atoms with Crippen LogP contribution in [0.2, 0.25) is 0 Å². The average Bonchev–Trinajstić information content (AvgIpc) is 2.68. The van der Waals surface area contributed by atoms with Crippen LogP contribution in [0.1, 0.15) is 32.3 Å². The number of anilines is 2. The van der Waals surface area contributed by atoms with Gasteiger partial charge in [-0.2, -0.15) is 0 Å². The predicted molar refractivity (Wildman–Crippen MR) is 94.1 cm³/mol. The number of benzene rings is 2. The Kier molecular flexibility index (Phi) is 3.34. The zero-order valence-electron chi connectivity index (χ0n) is 13.8. The first-order valence-electron chi connectivity index (χ1n) is 8.47. The summed E-state index contributed by atoms with van der Waals surface area (Å²) in [5.74, 6) is 1.48. The van der Waals surface area contributed by atoms with Crippen LogP contribution in [0, 0.1) is 5.92 Å². The first kappa shape index (κ1) is 14.6. The molecular weight excluding hydrogens is 284 g/mol. The van der Waals surface area contributed by atoms with Crippen LogP contribution in [0.15, 0.2) is 48.5 Å². The minimum atomic E-state index is 0.0688. The molecule has 23 heavy (non-hydrogen) atoms. The second kappa shape index (κ2) is 5.27. The zero-order chi connectivity index (χ0) is 16.0. The lowest BCUT2D eigenvalue weighted by Gasteiger charge is -2.57. The van der Waals surface area contributed by atoms with Crippen molar-refractivity contribution in [3.8, 4) is 5.75 Å². The van der Waals surface area contributed by atoms with Gasteiger partial charge in [0, 0.05) is 17.3 Å². The van der Waals surface area contributed by atoms with Crippen LogP contribution in [0.25, 0.3) is 0 Å². The van der Waals surface area contributed by atoms with Crippen molar-refractivity contribution in [3.63, 3.8) is 0 Å². The molecule has 1 aliphatic heterocycles. The number of hydrogen-bond donors (Lipinski definition) is 1. The van der Waals surface area contributed by atoms with E-state index in [1.807, 2.05) is 6.07 Å². The maximum Gasteiger partial charge on any atom is 0.143 e. The van der Waals surface area contributed by atoms with Crippen LogP contribution < -0.4 is 15.4 Å². The standard InChI is InChI=1S/C20H24N2O/c1-14(2)20(11-16(21)12-20)22-17-8-4-3-7-15(17)13-23-19-10-6-5-9-18(19)22/h3-10,14,16H,11-13,21H2,1-2H3. The topological polar surface area (TPSA) is 38.5 Å². The summed E-state index contributed by atoms with van der Waals surface area (Å²) in [5, 5.41) is 0. The van der Waals surface area contributed by atoms with Gasteiger partial charge in [0.05, 0.1) is 11.2 Å². The molecule has 1 saturated carbocycles. The van der Waals surface area contributed by atoms with Gasteiger partial charge < -0.3 is 15.4 Å². The molecule has 1 fully saturated rings. The summed E-state index contributed by atoms with van der Waals surface area (Å²) in [6.07, 6.45) is 2.04. The van der Waals surface area contributed by atoms with E-state index in [1.165, 1.54) is 11.3 Å². The van der Waals surface area contributed by atoms with E-state index in [9.17, 15) is 0 Å². The lowest BCUT2D eigenvalue weighted by atomic mass is 9.64. The van der Waals surface area contributed by atoms with Crippen LogP contribution >= 0.6 is 0 Å². The maximum absolute atomic E-state index is 6.22. The second-order valence-corrected chi connectivity index (χ2v) is 7.15. The highest BCUT2D eigenvalue weighted by Crippen LogP contribution is 2.52. The number of hydrogen-bond acceptors (Lipinski definition) is 3. The first-order valence-corrected chi connectivity index (χ1v) is 8.47. The van der Waals surface area contributed by atoms with Crippen molar-refractivity contribution in [2.24, 2.45) is 11.7 Å². The molecule has 3 heteroatoms. The molecule has 2 aliphatic rings. The fourth-order valence-electron chi connectivity index (χ4n) is 4.14. The Hall–Kier alpha value is -2.00. The van der Waals surface area contributed by atoms with Gasteiger partial charge in [-0.25, -0.2) is 0 Å². The zero-order valence-corrected chi connectivity index (χ0v) is 13.8. The van der Waals surface area contributed by atoms with Gasteiger partial charge in [-0.3, -0.25) is 0 Å². The molecule has 2 aromatic carbocycles. The molecule has 0 spiro atoms. The van der Waals surface area contributed by atoms with Crippen LogP contribution in [0.4, 0.5) is 11.4 Å². The molecule has 0 radical (unpaired) electrons. The molecule has 3 nitrogen and oxygen atoms in total.